The number of anilines is 1. The van der Waals surface area contributed by atoms with Crippen molar-refractivity contribution in [3.63, 3.8) is 0 Å². The maximum atomic E-state index is 12.1. The van der Waals surface area contributed by atoms with Crippen LogP contribution in [0.2, 0.25) is 0 Å². The van der Waals surface area contributed by atoms with Gasteiger partial charge in [0.2, 0.25) is 5.89 Å². The molecule has 24 heavy (non-hydrogen) atoms. The Morgan fingerprint density at radius 2 is 2.17 bits per heavy atom. The molecule has 1 unspecified atom stereocenters. The summed E-state index contributed by atoms with van der Waals surface area (Å²) in [5.74, 6) is 0.474. The van der Waals surface area contributed by atoms with Crippen molar-refractivity contribution < 1.29 is 13.9 Å². The molecule has 0 bridgehead atoms. The number of aromatic nitrogens is 1. The molecule has 0 spiro atoms. The quantitative estimate of drug-likeness (QED) is 0.794. The maximum absolute atomic E-state index is 12.1. The summed E-state index contributed by atoms with van der Waals surface area (Å²) < 4.78 is 11.3. The van der Waals surface area contributed by atoms with Gasteiger partial charge in [0.05, 0.1) is 0 Å². The Kier molecular flexibility index (Phi) is 3.78. The topological polar surface area (TPSA) is 64.4 Å². The SMILES string of the molecule is Cc1cccc(-c2nc3ccc(NC(=O)C4CCCO4)cc3o2)c1. The van der Waals surface area contributed by atoms with Crippen molar-refractivity contribution in [2.45, 2.75) is 25.9 Å². The number of hydrogen-bond donors (Lipinski definition) is 1. The molecule has 0 saturated carbocycles. The van der Waals surface area contributed by atoms with Crippen LogP contribution in [-0.4, -0.2) is 23.6 Å². The van der Waals surface area contributed by atoms with Crippen molar-refractivity contribution in [1.29, 1.82) is 0 Å². The Hall–Kier alpha value is -2.66. The summed E-state index contributed by atoms with van der Waals surface area (Å²) in [7, 11) is 0. The highest BCUT2D eigenvalue weighted by Crippen LogP contribution is 2.27. The number of ether oxygens (including phenoxy) is 1. The molecule has 1 amide bonds. The van der Waals surface area contributed by atoms with Gasteiger partial charge in [-0.3, -0.25) is 4.79 Å². The fraction of sp³-hybridized carbons (Fsp3) is 0.263. The van der Waals surface area contributed by atoms with Crippen molar-refractivity contribution in [2.75, 3.05) is 11.9 Å². The summed E-state index contributed by atoms with van der Waals surface area (Å²) in [6.45, 7) is 2.68. The molecule has 1 atom stereocenters. The summed E-state index contributed by atoms with van der Waals surface area (Å²) in [5.41, 5.74) is 4.20. The van der Waals surface area contributed by atoms with Crippen LogP contribution >= 0.6 is 0 Å². The smallest absolute Gasteiger partial charge is 0.253 e. The van der Waals surface area contributed by atoms with Gasteiger partial charge in [-0.25, -0.2) is 4.98 Å². The van der Waals surface area contributed by atoms with Crippen molar-refractivity contribution >= 4 is 22.7 Å². The first kappa shape index (κ1) is 14.9. The lowest BCUT2D eigenvalue weighted by molar-refractivity contribution is -0.124. The third-order valence-corrected chi connectivity index (χ3v) is 4.14. The third kappa shape index (κ3) is 2.90. The number of carbonyl (C=O) groups is 1. The molecular weight excluding hydrogens is 304 g/mol. The van der Waals surface area contributed by atoms with Gasteiger partial charge in [0, 0.05) is 23.9 Å². The van der Waals surface area contributed by atoms with Crippen LogP contribution in [0.4, 0.5) is 5.69 Å². The highest BCUT2D eigenvalue weighted by molar-refractivity contribution is 5.95. The molecule has 0 radical (unpaired) electrons. The van der Waals surface area contributed by atoms with Crippen LogP contribution in [0.25, 0.3) is 22.6 Å². The van der Waals surface area contributed by atoms with Gasteiger partial charge in [-0.2, -0.15) is 0 Å². The van der Waals surface area contributed by atoms with Gasteiger partial charge < -0.3 is 14.5 Å². The number of hydrogen-bond acceptors (Lipinski definition) is 4. The second-order valence-corrected chi connectivity index (χ2v) is 6.06. The number of amides is 1. The molecule has 1 aliphatic rings. The number of carbonyl (C=O) groups excluding carboxylic acids is 1. The minimum Gasteiger partial charge on any atom is -0.436 e. The van der Waals surface area contributed by atoms with E-state index in [2.05, 4.69) is 10.3 Å². The number of oxazole rings is 1. The third-order valence-electron chi connectivity index (χ3n) is 4.14. The van der Waals surface area contributed by atoms with Gasteiger partial charge in [-0.15, -0.1) is 0 Å². The molecule has 5 nitrogen and oxygen atoms in total. The van der Waals surface area contributed by atoms with E-state index < -0.39 is 0 Å². The molecule has 3 aromatic rings. The van der Waals surface area contributed by atoms with Crippen LogP contribution < -0.4 is 5.32 Å². The molecule has 1 fully saturated rings. The van der Waals surface area contributed by atoms with Gasteiger partial charge in [0.1, 0.15) is 11.6 Å². The summed E-state index contributed by atoms with van der Waals surface area (Å²) in [6.07, 6.45) is 1.35. The van der Waals surface area contributed by atoms with Crippen molar-refractivity contribution in [3.05, 3.63) is 48.0 Å². The van der Waals surface area contributed by atoms with Crippen LogP contribution in [-0.2, 0) is 9.53 Å². The van der Waals surface area contributed by atoms with Gasteiger partial charge in [0.25, 0.3) is 5.91 Å². The van der Waals surface area contributed by atoms with Crippen molar-refractivity contribution in [1.82, 2.24) is 4.98 Å². The fourth-order valence-corrected chi connectivity index (χ4v) is 2.91. The van der Waals surface area contributed by atoms with Crippen LogP contribution in [0.15, 0.2) is 46.9 Å². The lowest BCUT2D eigenvalue weighted by atomic mass is 10.1. The average Bonchev–Trinajstić information content (AvgIpc) is 3.24. The van der Waals surface area contributed by atoms with E-state index in [1.165, 1.54) is 0 Å². The van der Waals surface area contributed by atoms with Crippen LogP contribution in [0.3, 0.4) is 0 Å². The molecule has 1 aromatic heterocycles. The standard InChI is InChI=1S/C19H18N2O3/c1-12-4-2-5-13(10-12)19-21-15-8-7-14(11-17(15)24-19)20-18(22)16-6-3-9-23-16/h2,4-5,7-8,10-11,16H,3,6,9H2,1H3,(H,20,22). The Bertz CT molecular complexity index is 895. The Balaban J connectivity index is 1.60. The van der Waals surface area contributed by atoms with Gasteiger partial charge in [-0.05, 0) is 44.0 Å². The molecule has 1 N–H and O–H groups in total. The van der Waals surface area contributed by atoms with Crippen molar-refractivity contribution in [2.24, 2.45) is 0 Å². The average molecular weight is 322 g/mol. The monoisotopic (exact) mass is 322 g/mol. The number of benzene rings is 2. The summed E-state index contributed by atoms with van der Waals surface area (Å²) in [6, 6.07) is 13.5. The zero-order valence-electron chi connectivity index (χ0n) is 13.4. The zero-order chi connectivity index (χ0) is 16.5. The van der Waals surface area contributed by atoms with Crippen LogP contribution in [0.5, 0.6) is 0 Å². The molecule has 1 aliphatic heterocycles. The predicted octanol–water partition coefficient (Wildman–Crippen LogP) is 3.92. The minimum atomic E-state index is -0.349. The molecule has 4 rings (SSSR count). The van der Waals surface area contributed by atoms with E-state index in [0.717, 1.165) is 29.5 Å². The van der Waals surface area contributed by atoms with E-state index in [1.807, 2.05) is 43.3 Å². The summed E-state index contributed by atoms with van der Waals surface area (Å²) in [5, 5.41) is 2.88. The molecule has 2 aromatic carbocycles. The first-order valence-corrected chi connectivity index (χ1v) is 8.09. The number of aryl methyl sites for hydroxylation is 1. The largest absolute Gasteiger partial charge is 0.436 e. The Labute approximate surface area is 139 Å². The second kappa shape index (κ2) is 6.09. The molecular formula is C19H18N2O3. The Morgan fingerprint density at radius 3 is 2.96 bits per heavy atom. The van der Waals surface area contributed by atoms with E-state index in [-0.39, 0.29) is 12.0 Å². The van der Waals surface area contributed by atoms with Gasteiger partial charge in [0.15, 0.2) is 5.58 Å². The summed E-state index contributed by atoms with van der Waals surface area (Å²) in [4.78, 5) is 16.7. The highest BCUT2D eigenvalue weighted by Gasteiger charge is 2.23. The first-order valence-electron chi connectivity index (χ1n) is 8.09. The molecule has 1 saturated heterocycles. The lowest BCUT2D eigenvalue weighted by Crippen LogP contribution is -2.26. The normalized spacial score (nSPS) is 17.3. The molecule has 122 valence electrons. The van der Waals surface area contributed by atoms with Crippen LogP contribution in [0.1, 0.15) is 18.4 Å². The fourth-order valence-electron chi connectivity index (χ4n) is 2.91. The zero-order valence-corrected chi connectivity index (χ0v) is 13.4. The van der Waals surface area contributed by atoms with Gasteiger partial charge in [-0.1, -0.05) is 17.7 Å². The second-order valence-electron chi connectivity index (χ2n) is 6.06. The summed E-state index contributed by atoms with van der Waals surface area (Å²) >= 11 is 0. The van der Waals surface area contributed by atoms with E-state index in [9.17, 15) is 4.79 Å². The number of fused-ring (bicyclic) bond motifs is 1. The molecule has 2 heterocycles. The van der Waals surface area contributed by atoms with E-state index in [4.69, 9.17) is 9.15 Å². The minimum absolute atomic E-state index is 0.106. The first-order chi connectivity index (χ1) is 11.7. The maximum Gasteiger partial charge on any atom is 0.253 e. The van der Waals surface area contributed by atoms with E-state index in [0.29, 0.717) is 23.8 Å². The highest BCUT2D eigenvalue weighted by atomic mass is 16.5. The Morgan fingerprint density at radius 1 is 1.25 bits per heavy atom. The number of nitrogens with one attached hydrogen (secondary N) is 1. The predicted molar refractivity (Wildman–Crippen MR) is 91.8 cm³/mol. The van der Waals surface area contributed by atoms with E-state index in [1.54, 1.807) is 6.07 Å². The number of nitrogens with zero attached hydrogens (tertiary/aromatic N) is 1. The lowest BCUT2D eigenvalue weighted by Gasteiger charge is -2.09. The molecule has 5 heteroatoms. The van der Waals surface area contributed by atoms with Crippen molar-refractivity contribution in [3.8, 4) is 11.5 Å². The molecule has 0 aliphatic carbocycles. The number of rotatable bonds is 3. The van der Waals surface area contributed by atoms with Crippen LogP contribution in [0, 0.1) is 6.92 Å². The van der Waals surface area contributed by atoms with E-state index >= 15 is 0 Å². The van der Waals surface area contributed by atoms with Gasteiger partial charge >= 0.3 is 0 Å².